The van der Waals surface area contributed by atoms with Crippen molar-refractivity contribution in [3.05, 3.63) is 47.7 Å². The average molecular weight is 333 g/mol. The number of benzene rings is 1. The van der Waals surface area contributed by atoms with Gasteiger partial charge in [0, 0.05) is 12.1 Å². The van der Waals surface area contributed by atoms with E-state index in [-0.39, 0.29) is 11.0 Å². The zero-order valence-corrected chi connectivity index (χ0v) is 12.9. The molecule has 0 fully saturated rings. The molecule has 3 aromatic rings. The van der Waals surface area contributed by atoms with E-state index in [2.05, 4.69) is 10.1 Å². The summed E-state index contributed by atoms with van der Waals surface area (Å²) < 4.78 is 6.78. The van der Waals surface area contributed by atoms with Crippen molar-refractivity contribution in [2.24, 2.45) is 0 Å². The third-order valence-electron chi connectivity index (χ3n) is 3.14. The van der Waals surface area contributed by atoms with Gasteiger partial charge < -0.3 is 9.84 Å². The average Bonchev–Trinajstić information content (AvgIpc) is 2.97. The Labute approximate surface area is 136 Å². The molecule has 0 radical (unpaired) electrons. The van der Waals surface area contributed by atoms with Gasteiger partial charge in [0.1, 0.15) is 16.7 Å². The Balaban J connectivity index is 2.11. The molecule has 23 heavy (non-hydrogen) atoms. The summed E-state index contributed by atoms with van der Waals surface area (Å²) in [6, 6.07) is 9.82. The van der Waals surface area contributed by atoms with Crippen LogP contribution in [0.15, 0.2) is 42.6 Å². The van der Waals surface area contributed by atoms with Gasteiger partial charge in [-0.2, -0.15) is 9.61 Å². The smallest absolute Gasteiger partial charge is 0.417 e. The topological polar surface area (TPSA) is 80.0 Å². The third kappa shape index (κ3) is 2.91. The van der Waals surface area contributed by atoms with Crippen LogP contribution in [0.2, 0.25) is 5.15 Å². The fraction of sp³-hybridized carbons (Fsp3) is 0.133. The lowest BCUT2D eigenvalue weighted by atomic mass is 10.2. The molecule has 0 unspecified atom stereocenters. The minimum absolute atomic E-state index is 0.185. The molecule has 2 aromatic heterocycles. The second kappa shape index (κ2) is 6.13. The third-order valence-corrected chi connectivity index (χ3v) is 3.33. The van der Waals surface area contributed by atoms with Crippen molar-refractivity contribution in [2.45, 2.75) is 6.92 Å². The first-order valence-electron chi connectivity index (χ1n) is 6.86. The maximum Gasteiger partial charge on any atom is 0.417 e. The lowest BCUT2D eigenvalue weighted by Gasteiger charge is -2.20. The summed E-state index contributed by atoms with van der Waals surface area (Å²) in [5, 5.41) is 13.9. The molecular formula is C15H13ClN4O3. The molecule has 1 amide bonds. The van der Waals surface area contributed by atoms with Crippen LogP contribution in [0, 0.1) is 0 Å². The Morgan fingerprint density at radius 3 is 2.74 bits per heavy atom. The van der Waals surface area contributed by atoms with Crippen LogP contribution in [0.3, 0.4) is 0 Å². The molecule has 2 heterocycles. The Hall–Kier alpha value is -2.80. The quantitative estimate of drug-likeness (QED) is 0.738. The van der Waals surface area contributed by atoms with Crippen LogP contribution < -0.4 is 9.64 Å². The zero-order chi connectivity index (χ0) is 16.4. The number of carboxylic acid groups (broad SMARTS) is 1. The van der Waals surface area contributed by atoms with Gasteiger partial charge in [0.2, 0.25) is 0 Å². The van der Waals surface area contributed by atoms with E-state index in [0.717, 1.165) is 4.90 Å². The predicted molar refractivity (Wildman–Crippen MR) is 85.8 cm³/mol. The summed E-state index contributed by atoms with van der Waals surface area (Å²) in [5.74, 6) is 0.945. The van der Waals surface area contributed by atoms with Crippen LogP contribution in [0.25, 0.3) is 5.65 Å². The second-order valence-electron chi connectivity index (χ2n) is 4.58. The number of ether oxygens (including phenoxy) is 1. The second-order valence-corrected chi connectivity index (χ2v) is 4.97. The highest BCUT2D eigenvalue weighted by Crippen LogP contribution is 2.29. The number of fused-ring (bicyclic) bond motifs is 1. The number of rotatable bonds is 4. The van der Waals surface area contributed by atoms with Gasteiger partial charge in [-0.05, 0) is 31.2 Å². The predicted octanol–water partition coefficient (Wildman–Crippen LogP) is 3.60. The summed E-state index contributed by atoms with van der Waals surface area (Å²) in [7, 11) is 0. The molecule has 0 spiro atoms. The van der Waals surface area contributed by atoms with Crippen molar-refractivity contribution < 1.29 is 14.6 Å². The standard InChI is InChI=1S/C15H13ClN4O3/c1-2-23-11-5-3-10(4-6-11)19(15(21)22)14-9-12(16)18-13-7-8-17-20(13)14/h3-9H,2H2,1H3,(H,21,22). The molecule has 8 heteroatoms. The number of nitrogens with zero attached hydrogens (tertiary/aromatic N) is 4. The van der Waals surface area contributed by atoms with Crippen LogP contribution in [-0.4, -0.2) is 32.4 Å². The summed E-state index contributed by atoms with van der Waals surface area (Å²) in [5.41, 5.74) is 0.907. The summed E-state index contributed by atoms with van der Waals surface area (Å²) in [6.45, 7) is 2.42. The molecule has 118 valence electrons. The van der Waals surface area contributed by atoms with Gasteiger partial charge in [-0.3, -0.25) is 0 Å². The van der Waals surface area contributed by atoms with Gasteiger partial charge in [0.05, 0.1) is 18.5 Å². The zero-order valence-electron chi connectivity index (χ0n) is 12.2. The van der Waals surface area contributed by atoms with E-state index in [1.165, 1.54) is 16.8 Å². The minimum atomic E-state index is -1.16. The van der Waals surface area contributed by atoms with Crippen molar-refractivity contribution in [3.63, 3.8) is 0 Å². The Bertz CT molecular complexity index is 848. The monoisotopic (exact) mass is 332 g/mol. The minimum Gasteiger partial charge on any atom is -0.494 e. The maximum atomic E-state index is 11.8. The largest absolute Gasteiger partial charge is 0.494 e. The lowest BCUT2D eigenvalue weighted by molar-refractivity contribution is 0.204. The van der Waals surface area contributed by atoms with Gasteiger partial charge in [0.15, 0.2) is 5.65 Å². The number of hydrogen-bond acceptors (Lipinski definition) is 4. The van der Waals surface area contributed by atoms with Crippen LogP contribution in [0.1, 0.15) is 6.92 Å². The van der Waals surface area contributed by atoms with E-state index in [1.807, 2.05) is 6.92 Å². The fourth-order valence-electron chi connectivity index (χ4n) is 2.23. The molecule has 0 bridgehead atoms. The Kier molecular flexibility index (Phi) is 4.03. The van der Waals surface area contributed by atoms with Gasteiger partial charge in [-0.1, -0.05) is 11.6 Å². The summed E-state index contributed by atoms with van der Waals surface area (Å²) in [6.07, 6.45) is 0.369. The SMILES string of the molecule is CCOc1ccc(N(C(=O)O)c2cc(Cl)nc3ccnn23)cc1. The molecule has 3 rings (SSSR count). The van der Waals surface area contributed by atoms with Crippen molar-refractivity contribution in [1.29, 1.82) is 0 Å². The molecule has 0 saturated heterocycles. The van der Waals surface area contributed by atoms with Gasteiger partial charge in [0.25, 0.3) is 0 Å². The first kappa shape index (κ1) is 15.1. The first-order valence-corrected chi connectivity index (χ1v) is 7.24. The normalized spacial score (nSPS) is 10.7. The molecule has 7 nitrogen and oxygen atoms in total. The highest BCUT2D eigenvalue weighted by atomic mass is 35.5. The lowest BCUT2D eigenvalue weighted by Crippen LogP contribution is -2.26. The molecule has 0 aliphatic carbocycles. The van der Waals surface area contributed by atoms with E-state index in [0.29, 0.717) is 23.7 Å². The van der Waals surface area contributed by atoms with Crippen molar-refractivity contribution in [2.75, 3.05) is 11.5 Å². The van der Waals surface area contributed by atoms with E-state index in [4.69, 9.17) is 16.3 Å². The highest BCUT2D eigenvalue weighted by molar-refractivity contribution is 6.29. The maximum absolute atomic E-state index is 11.8. The molecule has 0 aliphatic rings. The molecule has 0 saturated carbocycles. The number of carbonyl (C=O) groups is 1. The number of aromatic nitrogens is 3. The van der Waals surface area contributed by atoms with Crippen LogP contribution in [0.4, 0.5) is 16.3 Å². The van der Waals surface area contributed by atoms with Crippen LogP contribution >= 0.6 is 11.6 Å². The van der Waals surface area contributed by atoms with E-state index in [1.54, 1.807) is 30.3 Å². The Morgan fingerprint density at radius 1 is 1.35 bits per heavy atom. The van der Waals surface area contributed by atoms with Gasteiger partial charge in [-0.25, -0.2) is 14.7 Å². The number of hydrogen-bond donors (Lipinski definition) is 1. The van der Waals surface area contributed by atoms with Crippen LogP contribution in [-0.2, 0) is 0 Å². The summed E-state index contributed by atoms with van der Waals surface area (Å²) in [4.78, 5) is 17.0. The molecule has 1 aromatic carbocycles. The molecule has 0 atom stereocenters. The number of halogens is 1. The van der Waals surface area contributed by atoms with Gasteiger partial charge in [-0.15, -0.1) is 0 Å². The van der Waals surface area contributed by atoms with Crippen molar-refractivity contribution in [1.82, 2.24) is 14.6 Å². The van der Waals surface area contributed by atoms with Gasteiger partial charge >= 0.3 is 6.09 Å². The molecular weight excluding hydrogens is 320 g/mol. The van der Waals surface area contributed by atoms with Crippen molar-refractivity contribution >= 4 is 34.8 Å². The van der Waals surface area contributed by atoms with E-state index in [9.17, 15) is 9.90 Å². The fourth-order valence-corrected chi connectivity index (χ4v) is 2.41. The first-order chi connectivity index (χ1) is 11.1. The number of amides is 1. The van der Waals surface area contributed by atoms with Crippen LogP contribution in [0.5, 0.6) is 5.75 Å². The highest BCUT2D eigenvalue weighted by Gasteiger charge is 2.21. The molecule has 0 aliphatic heterocycles. The number of anilines is 2. The van der Waals surface area contributed by atoms with E-state index < -0.39 is 6.09 Å². The van der Waals surface area contributed by atoms with E-state index >= 15 is 0 Å². The molecule has 1 N–H and O–H groups in total. The summed E-state index contributed by atoms with van der Waals surface area (Å²) >= 11 is 5.99. The van der Waals surface area contributed by atoms with Crippen molar-refractivity contribution in [3.8, 4) is 5.75 Å². The Morgan fingerprint density at radius 2 is 2.09 bits per heavy atom.